The summed E-state index contributed by atoms with van der Waals surface area (Å²) in [6, 6.07) is 18.6. The lowest BCUT2D eigenvalue weighted by Crippen LogP contribution is -2.36. The number of rotatable bonds is 3. The highest BCUT2D eigenvalue weighted by atomic mass is 32.2. The second-order valence-corrected chi connectivity index (χ2v) is 6.70. The van der Waals surface area contributed by atoms with Gasteiger partial charge in [-0.05, 0) is 30.5 Å². The molecule has 21 heavy (non-hydrogen) atoms. The van der Waals surface area contributed by atoms with Crippen molar-refractivity contribution in [3.8, 4) is 0 Å². The fourth-order valence-electron chi connectivity index (χ4n) is 2.69. The first-order chi connectivity index (χ1) is 10.2. The summed E-state index contributed by atoms with van der Waals surface area (Å²) in [5.74, 6) is 0.215. The Bertz CT molecular complexity index is 616. The van der Waals surface area contributed by atoms with Gasteiger partial charge in [-0.25, -0.2) is 0 Å². The Morgan fingerprint density at radius 2 is 1.81 bits per heavy atom. The minimum absolute atomic E-state index is 0.0126. The molecule has 1 amide bonds. The van der Waals surface area contributed by atoms with E-state index < -0.39 is 0 Å². The van der Waals surface area contributed by atoms with Crippen LogP contribution in [0.3, 0.4) is 0 Å². The molecule has 2 atom stereocenters. The van der Waals surface area contributed by atoms with Crippen molar-refractivity contribution >= 4 is 17.7 Å². The summed E-state index contributed by atoms with van der Waals surface area (Å²) < 4.78 is 0. The van der Waals surface area contributed by atoms with E-state index in [4.69, 9.17) is 0 Å². The highest BCUT2D eigenvalue weighted by Crippen LogP contribution is 2.38. The first-order valence-electron chi connectivity index (χ1n) is 7.23. The van der Waals surface area contributed by atoms with E-state index >= 15 is 0 Å². The van der Waals surface area contributed by atoms with Gasteiger partial charge in [0.05, 0.1) is 11.3 Å². The average molecular weight is 297 g/mol. The first-order valence-corrected chi connectivity index (χ1v) is 8.11. The van der Waals surface area contributed by atoms with Crippen LogP contribution in [0.25, 0.3) is 0 Å². The van der Waals surface area contributed by atoms with Gasteiger partial charge in [-0.1, -0.05) is 48.5 Å². The molecule has 2 unspecified atom stereocenters. The molecule has 1 aliphatic rings. The maximum Gasteiger partial charge on any atom is 0.236 e. The lowest BCUT2D eigenvalue weighted by atomic mass is 10.1. The highest BCUT2D eigenvalue weighted by Gasteiger charge is 2.31. The summed E-state index contributed by atoms with van der Waals surface area (Å²) in [5, 5.41) is 0.0126. The summed E-state index contributed by atoms with van der Waals surface area (Å²) in [6.45, 7) is 2.08. The number of thioether (sulfide) groups is 1. The maximum absolute atomic E-state index is 12.7. The normalized spacial score (nSPS) is 18.1. The molecule has 0 saturated carbocycles. The molecular formula is C18H19NOS. The van der Waals surface area contributed by atoms with E-state index in [1.165, 1.54) is 16.0 Å². The molecular weight excluding hydrogens is 278 g/mol. The van der Waals surface area contributed by atoms with Crippen LogP contribution >= 0.6 is 11.8 Å². The standard InChI is InChI=1S/C18H19NOS/c1-13(14-8-4-3-5-9-14)19(2)18(20)17-12-15-10-6-7-11-16(15)21-17/h3-11,13,17H,12H2,1-2H3. The van der Waals surface area contributed by atoms with E-state index in [9.17, 15) is 4.79 Å². The molecule has 0 radical (unpaired) electrons. The van der Waals surface area contributed by atoms with Gasteiger partial charge in [0.15, 0.2) is 0 Å². The van der Waals surface area contributed by atoms with Crippen LogP contribution in [0, 0.1) is 0 Å². The molecule has 0 aliphatic carbocycles. The Labute approximate surface area is 130 Å². The number of hydrogen-bond acceptors (Lipinski definition) is 2. The van der Waals surface area contributed by atoms with Gasteiger partial charge in [-0.15, -0.1) is 11.8 Å². The summed E-state index contributed by atoms with van der Waals surface area (Å²) in [4.78, 5) is 15.9. The molecule has 1 heterocycles. The van der Waals surface area contributed by atoms with Crippen molar-refractivity contribution in [3.63, 3.8) is 0 Å². The fraction of sp³-hybridized carbons (Fsp3) is 0.278. The van der Waals surface area contributed by atoms with Crippen LogP contribution < -0.4 is 0 Å². The van der Waals surface area contributed by atoms with Crippen LogP contribution in [0.5, 0.6) is 0 Å². The topological polar surface area (TPSA) is 20.3 Å². The van der Waals surface area contributed by atoms with Gasteiger partial charge in [-0.2, -0.15) is 0 Å². The Morgan fingerprint density at radius 3 is 2.52 bits per heavy atom. The predicted molar refractivity (Wildman–Crippen MR) is 87.4 cm³/mol. The zero-order chi connectivity index (χ0) is 14.8. The SMILES string of the molecule is CC(c1ccccc1)N(C)C(=O)C1Cc2ccccc2S1. The fourth-order valence-corrected chi connectivity index (χ4v) is 3.99. The Morgan fingerprint density at radius 1 is 1.14 bits per heavy atom. The van der Waals surface area contributed by atoms with Crippen LogP contribution in [0.2, 0.25) is 0 Å². The van der Waals surface area contributed by atoms with Gasteiger partial charge < -0.3 is 4.90 Å². The molecule has 0 saturated heterocycles. The van der Waals surface area contributed by atoms with Crippen LogP contribution in [-0.4, -0.2) is 23.1 Å². The summed E-state index contributed by atoms with van der Waals surface area (Å²) in [6.07, 6.45) is 0.839. The van der Waals surface area contributed by atoms with Crippen molar-refractivity contribution in [2.45, 2.75) is 29.5 Å². The third kappa shape index (κ3) is 2.84. The number of hydrogen-bond donors (Lipinski definition) is 0. The third-order valence-corrected chi connectivity index (χ3v) is 5.44. The quantitative estimate of drug-likeness (QED) is 0.855. The van der Waals surface area contributed by atoms with E-state index in [0.29, 0.717) is 0 Å². The van der Waals surface area contributed by atoms with Gasteiger partial charge >= 0.3 is 0 Å². The molecule has 0 spiro atoms. The average Bonchev–Trinajstić information content (AvgIpc) is 2.97. The van der Waals surface area contributed by atoms with Crippen LogP contribution in [0.15, 0.2) is 59.5 Å². The van der Waals surface area contributed by atoms with Gasteiger partial charge in [-0.3, -0.25) is 4.79 Å². The lowest BCUT2D eigenvalue weighted by molar-refractivity contribution is -0.131. The second kappa shape index (κ2) is 5.94. The Hall–Kier alpha value is -1.74. The number of carbonyl (C=O) groups excluding carboxylic acids is 1. The van der Waals surface area contributed by atoms with E-state index in [1.807, 2.05) is 42.3 Å². The van der Waals surface area contributed by atoms with Crippen molar-refractivity contribution < 1.29 is 4.79 Å². The van der Waals surface area contributed by atoms with Crippen molar-refractivity contribution in [2.24, 2.45) is 0 Å². The van der Waals surface area contributed by atoms with Gasteiger partial charge in [0.25, 0.3) is 0 Å². The zero-order valence-corrected chi connectivity index (χ0v) is 13.1. The van der Waals surface area contributed by atoms with Crippen LogP contribution in [0.4, 0.5) is 0 Å². The van der Waals surface area contributed by atoms with E-state index in [-0.39, 0.29) is 17.2 Å². The largest absolute Gasteiger partial charge is 0.338 e. The Kier molecular flexibility index (Phi) is 4.02. The van der Waals surface area contributed by atoms with E-state index in [0.717, 1.165) is 6.42 Å². The lowest BCUT2D eigenvalue weighted by Gasteiger charge is -2.27. The highest BCUT2D eigenvalue weighted by molar-refractivity contribution is 8.01. The van der Waals surface area contributed by atoms with Crippen molar-refractivity contribution in [3.05, 3.63) is 65.7 Å². The van der Waals surface area contributed by atoms with Crippen molar-refractivity contribution in [1.82, 2.24) is 4.90 Å². The Balaban J connectivity index is 1.72. The van der Waals surface area contributed by atoms with Gasteiger partial charge in [0.2, 0.25) is 5.91 Å². The molecule has 2 nitrogen and oxygen atoms in total. The summed E-state index contributed by atoms with van der Waals surface area (Å²) in [7, 11) is 1.91. The molecule has 2 aromatic carbocycles. The molecule has 0 N–H and O–H groups in total. The minimum Gasteiger partial charge on any atom is -0.338 e. The van der Waals surface area contributed by atoms with Crippen molar-refractivity contribution in [1.29, 1.82) is 0 Å². The number of carbonyl (C=O) groups is 1. The van der Waals surface area contributed by atoms with Crippen LogP contribution in [-0.2, 0) is 11.2 Å². The summed E-state index contributed by atoms with van der Waals surface area (Å²) >= 11 is 1.69. The summed E-state index contributed by atoms with van der Waals surface area (Å²) in [5.41, 5.74) is 2.47. The second-order valence-electron chi connectivity index (χ2n) is 5.45. The van der Waals surface area contributed by atoms with Crippen LogP contribution in [0.1, 0.15) is 24.1 Å². The minimum atomic E-state index is 0.0126. The monoisotopic (exact) mass is 297 g/mol. The predicted octanol–water partition coefficient (Wildman–Crippen LogP) is 3.92. The van der Waals surface area contributed by atoms with Crippen molar-refractivity contribution in [2.75, 3.05) is 7.05 Å². The number of nitrogens with zero attached hydrogens (tertiary/aromatic N) is 1. The molecule has 3 heteroatoms. The number of benzene rings is 2. The van der Waals surface area contributed by atoms with E-state index in [2.05, 4.69) is 31.2 Å². The zero-order valence-electron chi connectivity index (χ0n) is 12.3. The number of fused-ring (bicyclic) bond motifs is 1. The smallest absolute Gasteiger partial charge is 0.236 e. The molecule has 1 aliphatic heterocycles. The number of amides is 1. The molecule has 3 rings (SSSR count). The molecule has 108 valence electrons. The molecule has 2 aromatic rings. The maximum atomic E-state index is 12.7. The molecule has 0 bridgehead atoms. The van der Waals surface area contributed by atoms with Gasteiger partial charge in [0, 0.05) is 11.9 Å². The van der Waals surface area contributed by atoms with Gasteiger partial charge in [0.1, 0.15) is 0 Å². The third-order valence-electron chi connectivity index (χ3n) is 4.13. The molecule has 0 fully saturated rings. The van der Waals surface area contributed by atoms with E-state index in [1.54, 1.807) is 11.8 Å². The first kappa shape index (κ1) is 14.2. The molecule has 0 aromatic heterocycles.